The number of aliphatic hydroxyl groups excluding tert-OH is 1. The minimum atomic E-state index is -4.29. The van der Waals surface area contributed by atoms with Gasteiger partial charge in [0.1, 0.15) is 19.3 Å². The molecule has 0 aliphatic carbocycles. The summed E-state index contributed by atoms with van der Waals surface area (Å²) in [4.78, 5) is 22.9. The number of carbonyl (C=O) groups is 1. The molecule has 9 nitrogen and oxygen atoms in total. The third kappa shape index (κ3) is 40.9. The standard InChI is InChI=1S/C44H88NO8P/c1-6-8-10-12-14-15-16-17-18-19-20-21-22-25-29-33-38-50-40-43(41-52-54(48,49)51-39-37-45(3,4)5)53-44(47)36-32-28-24-23-27-31-35-42(46)34-30-26-13-11-9-7-2/h26,30,42-43,46H,6-25,27-29,31-41H2,1-5H3/p+1/b30-26+. The van der Waals surface area contributed by atoms with Gasteiger partial charge in [-0.3, -0.25) is 13.8 Å². The van der Waals surface area contributed by atoms with Crippen LogP contribution in [0.2, 0.25) is 0 Å². The molecule has 0 amide bonds. The SMILES string of the molecule is CCCCC/C=C/CC(O)CCCCCCCCC(=O)OC(COCCCCCCCCCCCCCCCCCC)COP(=O)(O)OCC[N+](C)(C)C. The van der Waals surface area contributed by atoms with Crippen molar-refractivity contribution in [3.05, 3.63) is 12.2 Å². The molecule has 0 heterocycles. The summed E-state index contributed by atoms with van der Waals surface area (Å²) in [6.45, 7) is 5.51. The maximum absolute atomic E-state index is 12.7. The molecule has 54 heavy (non-hydrogen) atoms. The Hall–Kier alpha value is -0.800. The van der Waals surface area contributed by atoms with E-state index in [-0.39, 0.29) is 38.3 Å². The molecule has 3 unspecified atom stereocenters. The average molecular weight is 791 g/mol. The van der Waals surface area contributed by atoms with E-state index in [1.54, 1.807) is 0 Å². The molecule has 0 radical (unpaired) electrons. The summed E-state index contributed by atoms with van der Waals surface area (Å²) >= 11 is 0. The first-order chi connectivity index (χ1) is 26.0. The van der Waals surface area contributed by atoms with E-state index in [1.165, 1.54) is 109 Å². The highest BCUT2D eigenvalue weighted by Crippen LogP contribution is 2.43. The Morgan fingerprint density at radius 1 is 0.630 bits per heavy atom. The minimum absolute atomic E-state index is 0.0780. The first kappa shape index (κ1) is 53.2. The van der Waals surface area contributed by atoms with Crippen LogP contribution >= 0.6 is 7.82 Å². The zero-order chi connectivity index (χ0) is 40.0. The van der Waals surface area contributed by atoms with E-state index >= 15 is 0 Å². The highest BCUT2D eigenvalue weighted by molar-refractivity contribution is 7.47. The zero-order valence-electron chi connectivity index (χ0n) is 36.1. The van der Waals surface area contributed by atoms with Gasteiger partial charge in [0, 0.05) is 13.0 Å². The van der Waals surface area contributed by atoms with Gasteiger partial charge < -0.3 is 24.0 Å². The maximum Gasteiger partial charge on any atom is 0.472 e. The molecule has 0 aromatic carbocycles. The molecule has 2 N–H and O–H groups in total. The number of phosphoric acid groups is 1. The molecular formula is C44H89NO8P+. The van der Waals surface area contributed by atoms with E-state index in [0.29, 0.717) is 17.6 Å². The van der Waals surface area contributed by atoms with Crippen LogP contribution in [0.15, 0.2) is 12.2 Å². The Bertz CT molecular complexity index is 896. The van der Waals surface area contributed by atoms with Crippen LogP contribution in [0.25, 0.3) is 0 Å². The first-order valence-corrected chi connectivity index (χ1v) is 24.0. The molecule has 0 fully saturated rings. The number of likely N-dealkylation sites (N-methyl/N-ethyl adjacent to an activating group) is 1. The van der Waals surface area contributed by atoms with Crippen molar-refractivity contribution in [1.29, 1.82) is 0 Å². The molecule has 0 rings (SSSR count). The minimum Gasteiger partial charge on any atom is -0.457 e. The van der Waals surface area contributed by atoms with Gasteiger partial charge in [-0.25, -0.2) is 4.57 Å². The van der Waals surface area contributed by atoms with Crippen molar-refractivity contribution in [2.45, 2.75) is 212 Å². The van der Waals surface area contributed by atoms with E-state index in [9.17, 15) is 19.4 Å². The summed E-state index contributed by atoms with van der Waals surface area (Å²) in [5, 5.41) is 10.2. The number of carbonyl (C=O) groups excluding carboxylic acids is 1. The lowest BCUT2D eigenvalue weighted by Gasteiger charge is -2.24. The Labute approximate surface area is 333 Å². The maximum atomic E-state index is 12.7. The van der Waals surface area contributed by atoms with Crippen LogP contribution in [0, 0.1) is 0 Å². The summed E-state index contributed by atoms with van der Waals surface area (Å²) in [6, 6.07) is 0. The van der Waals surface area contributed by atoms with Gasteiger partial charge in [-0.05, 0) is 38.5 Å². The fourth-order valence-corrected chi connectivity index (χ4v) is 7.07. The normalized spacial score (nSPS) is 14.4. The third-order valence-electron chi connectivity index (χ3n) is 9.90. The lowest BCUT2D eigenvalue weighted by molar-refractivity contribution is -0.870. The van der Waals surface area contributed by atoms with Gasteiger partial charge in [-0.15, -0.1) is 0 Å². The zero-order valence-corrected chi connectivity index (χ0v) is 37.0. The van der Waals surface area contributed by atoms with Crippen LogP contribution in [-0.4, -0.2) is 86.8 Å². The Morgan fingerprint density at radius 3 is 1.69 bits per heavy atom. The smallest absolute Gasteiger partial charge is 0.457 e. The summed E-state index contributed by atoms with van der Waals surface area (Å²) in [7, 11) is 1.63. The lowest BCUT2D eigenvalue weighted by atomic mass is 10.0. The van der Waals surface area contributed by atoms with Gasteiger partial charge in [0.25, 0.3) is 0 Å². The molecule has 0 saturated carbocycles. The van der Waals surface area contributed by atoms with Crippen LogP contribution in [0.1, 0.15) is 200 Å². The number of ether oxygens (including phenoxy) is 2. The van der Waals surface area contributed by atoms with Crippen molar-refractivity contribution in [2.75, 3.05) is 54.1 Å². The predicted molar refractivity (Wildman–Crippen MR) is 226 cm³/mol. The van der Waals surface area contributed by atoms with Gasteiger partial charge in [-0.1, -0.05) is 167 Å². The quantitative estimate of drug-likeness (QED) is 0.0207. The van der Waals surface area contributed by atoms with Crippen molar-refractivity contribution < 1.29 is 42.4 Å². The molecule has 0 bridgehead atoms. The second kappa shape index (κ2) is 37.8. The molecule has 0 spiro atoms. The van der Waals surface area contributed by atoms with Crippen molar-refractivity contribution in [3.63, 3.8) is 0 Å². The largest absolute Gasteiger partial charge is 0.472 e. The fourth-order valence-electron chi connectivity index (χ4n) is 6.33. The molecule has 322 valence electrons. The number of hydrogen-bond donors (Lipinski definition) is 2. The summed E-state index contributed by atoms with van der Waals surface area (Å²) < 4.78 is 35.0. The molecule has 0 aromatic rings. The molecule has 3 atom stereocenters. The number of rotatable bonds is 42. The van der Waals surface area contributed by atoms with Crippen LogP contribution in [0.4, 0.5) is 0 Å². The Balaban J connectivity index is 4.25. The second-order valence-corrected chi connectivity index (χ2v) is 18.1. The summed E-state index contributed by atoms with van der Waals surface area (Å²) in [6.07, 6.45) is 36.8. The second-order valence-electron chi connectivity index (χ2n) is 16.6. The van der Waals surface area contributed by atoms with E-state index in [0.717, 1.165) is 70.6 Å². The molecule has 0 aliphatic heterocycles. The van der Waals surface area contributed by atoms with E-state index in [4.69, 9.17) is 18.5 Å². The Morgan fingerprint density at radius 2 is 1.13 bits per heavy atom. The van der Waals surface area contributed by atoms with E-state index in [2.05, 4.69) is 26.0 Å². The number of quaternary nitrogens is 1. The fraction of sp³-hybridized carbons (Fsp3) is 0.932. The van der Waals surface area contributed by atoms with Gasteiger partial charge in [-0.2, -0.15) is 0 Å². The molecule has 0 aromatic heterocycles. The van der Waals surface area contributed by atoms with E-state index < -0.39 is 13.9 Å². The highest BCUT2D eigenvalue weighted by atomic mass is 31.2. The van der Waals surface area contributed by atoms with Crippen LogP contribution in [0.3, 0.4) is 0 Å². The number of hydrogen-bond acceptors (Lipinski definition) is 7. The van der Waals surface area contributed by atoms with Crippen LogP contribution in [-0.2, 0) is 27.9 Å². The predicted octanol–water partition coefficient (Wildman–Crippen LogP) is 12.0. The number of esters is 1. The van der Waals surface area contributed by atoms with Gasteiger partial charge in [0.2, 0.25) is 0 Å². The highest BCUT2D eigenvalue weighted by Gasteiger charge is 2.26. The van der Waals surface area contributed by atoms with E-state index in [1.807, 2.05) is 21.1 Å². The average Bonchev–Trinajstić information content (AvgIpc) is 3.11. The van der Waals surface area contributed by atoms with Gasteiger partial charge in [0.05, 0.1) is 40.5 Å². The van der Waals surface area contributed by atoms with Crippen molar-refractivity contribution in [2.24, 2.45) is 0 Å². The van der Waals surface area contributed by atoms with Crippen LogP contribution < -0.4 is 0 Å². The number of allylic oxidation sites excluding steroid dienone is 1. The molecule has 0 saturated heterocycles. The number of unbranched alkanes of at least 4 members (excludes halogenated alkanes) is 23. The summed E-state index contributed by atoms with van der Waals surface area (Å²) in [5.74, 6) is -0.348. The Kier molecular flexibility index (Phi) is 37.2. The van der Waals surface area contributed by atoms with Gasteiger partial charge in [0.15, 0.2) is 0 Å². The van der Waals surface area contributed by atoms with Gasteiger partial charge >= 0.3 is 13.8 Å². The molecule has 10 heteroatoms. The van der Waals surface area contributed by atoms with Crippen LogP contribution in [0.5, 0.6) is 0 Å². The monoisotopic (exact) mass is 791 g/mol. The molecule has 0 aliphatic rings. The number of nitrogens with zero attached hydrogens (tertiary/aromatic N) is 1. The lowest BCUT2D eigenvalue weighted by Crippen LogP contribution is -2.37. The van der Waals surface area contributed by atoms with Crippen molar-refractivity contribution >= 4 is 13.8 Å². The van der Waals surface area contributed by atoms with Crippen molar-refractivity contribution in [1.82, 2.24) is 0 Å². The number of aliphatic hydroxyl groups is 1. The topological polar surface area (TPSA) is 112 Å². The third-order valence-corrected chi connectivity index (χ3v) is 10.9. The number of phosphoric ester groups is 1. The molecular weight excluding hydrogens is 701 g/mol. The van der Waals surface area contributed by atoms with Crippen molar-refractivity contribution in [3.8, 4) is 0 Å². The first-order valence-electron chi connectivity index (χ1n) is 22.5. The summed E-state index contributed by atoms with van der Waals surface area (Å²) in [5.41, 5.74) is 0.